The number of hydrogen-bond donors (Lipinski definition) is 1. The molecular weight excluding hydrogens is 224 g/mol. The van der Waals surface area contributed by atoms with Crippen LogP contribution in [0.1, 0.15) is 26.2 Å². The summed E-state index contributed by atoms with van der Waals surface area (Å²) in [6, 6.07) is 12.1. The molecule has 2 aromatic rings. The molecule has 0 fully saturated rings. The van der Waals surface area contributed by atoms with Crippen molar-refractivity contribution in [2.75, 3.05) is 0 Å². The van der Waals surface area contributed by atoms with Crippen LogP contribution in [0.4, 0.5) is 0 Å². The lowest BCUT2D eigenvalue weighted by Crippen LogP contribution is -1.82. The van der Waals surface area contributed by atoms with Crippen molar-refractivity contribution < 1.29 is 9.84 Å². The van der Waals surface area contributed by atoms with Crippen molar-refractivity contribution in [1.82, 2.24) is 0 Å². The lowest BCUT2D eigenvalue weighted by Gasteiger charge is -2.03. The van der Waals surface area contributed by atoms with Crippen molar-refractivity contribution in [3.8, 4) is 11.5 Å². The van der Waals surface area contributed by atoms with Crippen molar-refractivity contribution in [1.29, 1.82) is 0 Å². The van der Waals surface area contributed by atoms with Crippen molar-refractivity contribution in [2.24, 2.45) is 0 Å². The molecule has 0 unspecified atom stereocenters. The number of ether oxygens (including phenoxy) is 1. The lowest BCUT2D eigenvalue weighted by molar-refractivity contribution is 0.474. The van der Waals surface area contributed by atoms with Gasteiger partial charge in [0.1, 0.15) is 11.5 Å². The van der Waals surface area contributed by atoms with Gasteiger partial charge in [-0.25, -0.2) is 0 Å². The van der Waals surface area contributed by atoms with Gasteiger partial charge in [0.2, 0.25) is 0 Å². The number of benzene rings is 2. The van der Waals surface area contributed by atoms with Gasteiger partial charge in [0.15, 0.2) is 0 Å². The predicted molar refractivity (Wildman–Crippen MR) is 73.7 cm³/mol. The van der Waals surface area contributed by atoms with E-state index in [1.165, 1.54) is 12.8 Å². The first-order valence-corrected chi connectivity index (χ1v) is 6.26. The number of phenolic OH excluding ortho intramolecular Hbond substituents is 1. The lowest BCUT2D eigenvalue weighted by atomic mass is 10.1. The summed E-state index contributed by atoms with van der Waals surface area (Å²) in [5.41, 5.74) is 0. The molecule has 0 bridgehead atoms. The van der Waals surface area contributed by atoms with Gasteiger partial charge in [-0.1, -0.05) is 19.4 Å². The first-order chi connectivity index (χ1) is 8.79. The van der Waals surface area contributed by atoms with Crippen LogP contribution in [0.25, 0.3) is 10.8 Å². The third kappa shape index (κ3) is 3.27. The topological polar surface area (TPSA) is 29.5 Å². The largest absolute Gasteiger partial charge is 0.507 e. The van der Waals surface area contributed by atoms with E-state index in [0.29, 0.717) is 0 Å². The van der Waals surface area contributed by atoms with E-state index in [2.05, 4.69) is 13.0 Å². The molecule has 18 heavy (non-hydrogen) atoms. The van der Waals surface area contributed by atoms with E-state index in [-0.39, 0.29) is 5.75 Å². The van der Waals surface area contributed by atoms with Crippen LogP contribution < -0.4 is 4.74 Å². The summed E-state index contributed by atoms with van der Waals surface area (Å²) in [5, 5.41) is 11.2. The summed E-state index contributed by atoms with van der Waals surface area (Å²) in [6.07, 6.45) is 7.20. The van der Waals surface area contributed by atoms with Gasteiger partial charge in [0.05, 0.1) is 6.26 Å². The third-order valence-electron chi connectivity index (χ3n) is 2.73. The van der Waals surface area contributed by atoms with Crippen molar-refractivity contribution in [2.45, 2.75) is 26.2 Å². The second-order valence-corrected chi connectivity index (χ2v) is 4.22. The van der Waals surface area contributed by atoms with E-state index in [1.807, 2.05) is 30.3 Å². The van der Waals surface area contributed by atoms with Crippen LogP contribution >= 0.6 is 0 Å². The Morgan fingerprint density at radius 2 is 2.17 bits per heavy atom. The van der Waals surface area contributed by atoms with Crippen molar-refractivity contribution in [3.63, 3.8) is 0 Å². The highest BCUT2D eigenvalue weighted by molar-refractivity contribution is 5.84. The maximum absolute atomic E-state index is 9.33. The van der Waals surface area contributed by atoms with Gasteiger partial charge in [-0.15, -0.1) is 0 Å². The first-order valence-electron chi connectivity index (χ1n) is 6.26. The summed E-state index contributed by atoms with van der Waals surface area (Å²) < 4.78 is 5.53. The average Bonchev–Trinajstić information content (AvgIpc) is 2.38. The van der Waals surface area contributed by atoms with Crippen LogP contribution in [-0.4, -0.2) is 5.11 Å². The van der Waals surface area contributed by atoms with Gasteiger partial charge in [-0.3, -0.25) is 0 Å². The summed E-state index contributed by atoms with van der Waals surface area (Å²) in [7, 11) is 0. The highest BCUT2D eigenvalue weighted by Gasteiger charge is 1.98. The molecule has 0 atom stereocenters. The normalized spacial score (nSPS) is 11.2. The van der Waals surface area contributed by atoms with Crippen LogP contribution in [0.15, 0.2) is 42.7 Å². The number of hydrogen-bond acceptors (Lipinski definition) is 2. The number of unbranched alkanes of at least 4 members (excludes halogenated alkanes) is 2. The summed E-state index contributed by atoms with van der Waals surface area (Å²) in [6.45, 7) is 2.17. The van der Waals surface area contributed by atoms with E-state index in [0.717, 1.165) is 22.9 Å². The van der Waals surface area contributed by atoms with E-state index in [1.54, 1.807) is 12.3 Å². The maximum atomic E-state index is 9.33. The molecule has 0 aliphatic carbocycles. The maximum Gasteiger partial charge on any atom is 0.127 e. The summed E-state index contributed by atoms with van der Waals surface area (Å²) >= 11 is 0. The quantitative estimate of drug-likeness (QED) is 0.620. The molecule has 2 aromatic carbocycles. The fourth-order valence-corrected chi connectivity index (χ4v) is 1.73. The molecule has 1 N–H and O–H groups in total. The molecule has 2 heteroatoms. The Hall–Kier alpha value is -1.96. The average molecular weight is 241 g/mol. The van der Waals surface area contributed by atoms with E-state index in [9.17, 15) is 5.11 Å². The monoisotopic (exact) mass is 241 g/mol. The molecule has 2 rings (SSSR count). The minimum absolute atomic E-state index is 0.163. The Bertz CT molecular complexity index is 544. The van der Waals surface area contributed by atoms with E-state index < -0.39 is 0 Å². The fourth-order valence-electron chi connectivity index (χ4n) is 1.73. The number of fused-ring (bicyclic) bond motifs is 1. The van der Waals surface area contributed by atoms with Gasteiger partial charge in [-0.2, -0.15) is 0 Å². The van der Waals surface area contributed by atoms with Crippen LogP contribution in [0, 0.1) is 6.07 Å². The van der Waals surface area contributed by atoms with E-state index in [4.69, 9.17) is 4.74 Å². The van der Waals surface area contributed by atoms with E-state index >= 15 is 0 Å². The van der Waals surface area contributed by atoms with Gasteiger partial charge in [-0.05, 0) is 54.0 Å². The number of phenols is 1. The second-order valence-electron chi connectivity index (χ2n) is 4.22. The zero-order chi connectivity index (χ0) is 12.8. The summed E-state index contributed by atoms with van der Waals surface area (Å²) in [4.78, 5) is 0. The Morgan fingerprint density at radius 3 is 3.00 bits per heavy atom. The Morgan fingerprint density at radius 1 is 1.28 bits per heavy atom. The SMILES string of the molecule is CCCCC=COc1ccc2[c]c(O)ccc2c1. The molecule has 0 aromatic heterocycles. The van der Waals surface area contributed by atoms with Crippen LogP contribution in [0.3, 0.4) is 0 Å². The Balaban J connectivity index is 2.06. The fraction of sp³-hybridized carbons (Fsp3) is 0.250. The molecule has 0 heterocycles. The molecule has 0 saturated heterocycles. The van der Waals surface area contributed by atoms with Gasteiger partial charge >= 0.3 is 0 Å². The van der Waals surface area contributed by atoms with Gasteiger partial charge in [0.25, 0.3) is 0 Å². The van der Waals surface area contributed by atoms with Crippen LogP contribution in [0.5, 0.6) is 11.5 Å². The third-order valence-corrected chi connectivity index (χ3v) is 2.73. The molecule has 2 nitrogen and oxygen atoms in total. The van der Waals surface area contributed by atoms with Gasteiger partial charge in [0, 0.05) is 6.07 Å². The molecule has 0 spiro atoms. The predicted octanol–water partition coefficient (Wildman–Crippen LogP) is 4.43. The Labute approximate surface area is 108 Å². The van der Waals surface area contributed by atoms with Crippen molar-refractivity contribution >= 4 is 10.8 Å². The molecule has 0 aliphatic rings. The highest BCUT2D eigenvalue weighted by Crippen LogP contribution is 2.23. The van der Waals surface area contributed by atoms with Crippen LogP contribution in [-0.2, 0) is 0 Å². The Kier molecular flexibility index (Phi) is 4.24. The molecule has 93 valence electrons. The molecule has 0 amide bonds. The second kappa shape index (κ2) is 6.10. The molecule has 0 aliphatic heterocycles. The number of allylic oxidation sites excluding steroid dienone is 1. The number of aromatic hydroxyl groups is 1. The smallest absolute Gasteiger partial charge is 0.127 e. The van der Waals surface area contributed by atoms with Crippen LogP contribution in [0.2, 0.25) is 0 Å². The first kappa shape index (κ1) is 12.5. The molecular formula is C16H17O2. The minimum Gasteiger partial charge on any atom is -0.507 e. The number of rotatable bonds is 5. The minimum atomic E-state index is 0.163. The molecule has 0 saturated carbocycles. The zero-order valence-corrected chi connectivity index (χ0v) is 10.5. The zero-order valence-electron chi connectivity index (χ0n) is 10.5. The highest BCUT2D eigenvalue weighted by atomic mass is 16.5. The van der Waals surface area contributed by atoms with Crippen molar-refractivity contribution in [3.05, 3.63) is 48.7 Å². The standard InChI is InChI=1S/C16H17O2/c1-2-3-4-5-10-18-16-9-7-13-11-15(17)8-6-14(13)12-16/h5-10,12,17H,2-4H2,1H3. The van der Waals surface area contributed by atoms with Gasteiger partial charge < -0.3 is 9.84 Å². The summed E-state index contributed by atoms with van der Waals surface area (Å²) in [5.74, 6) is 0.963. The molecule has 1 radical (unpaired) electrons.